The molecule has 0 saturated heterocycles. The third-order valence-electron chi connectivity index (χ3n) is 1.54. The quantitative estimate of drug-likeness (QED) is 0.718. The Morgan fingerprint density at radius 1 is 0.938 bits per heavy atom. The van der Waals surface area contributed by atoms with Crippen LogP contribution >= 0.6 is 0 Å². The molecular formula is C7H8F3LiO4Si. The van der Waals surface area contributed by atoms with Crippen molar-refractivity contribution < 1.29 is 31.9 Å². The molecule has 0 saturated carbocycles. The van der Waals surface area contributed by atoms with E-state index in [1.165, 1.54) is 0 Å². The summed E-state index contributed by atoms with van der Waals surface area (Å²) in [4.78, 5) is 0. The standard InChI is InChI=1S/C7H7F3O4Si.Li.H/c8-12-15(13-9,14-10)11-6-7-4-2-1-3-5-7;;/h1-5H,6H2;;. The zero-order valence-electron chi connectivity index (χ0n) is 7.36. The normalized spacial score (nSPS) is 10.9. The number of halogens is 3. The summed E-state index contributed by atoms with van der Waals surface area (Å²) in [6.07, 6.45) is 0. The molecule has 86 valence electrons. The van der Waals surface area contributed by atoms with Gasteiger partial charge in [0.1, 0.15) is 0 Å². The van der Waals surface area contributed by atoms with E-state index in [1.54, 1.807) is 30.3 Å². The van der Waals surface area contributed by atoms with Gasteiger partial charge in [0, 0.05) is 0 Å². The first-order valence-corrected chi connectivity index (χ1v) is 5.47. The van der Waals surface area contributed by atoms with E-state index in [0.717, 1.165) is 0 Å². The number of hydrogen-bond donors (Lipinski definition) is 0. The van der Waals surface area contributed by atoms with Gasteiger partial charge in [-0.2, -0.15) is 0 Å². The van der Waals surface area contributed by atoms with Crippen LogP contribution in [0.3, 0.4) is 0 Å². The second-order valence-corrected chi connectivity index (χ2v) is 4.26. The van der Waals surface area contributed by atoms with Crippen LogP contribution in [0.15, 0.2) is 30.3 Å². The summed E-state index contributed by atoms with van der Waals surface area (Å²) in [5.41, 5.74) is 0.556. The topological polar surface area (TPSA) is 36.9 Å². The van der Waals surface area contributed by atoms with Crippen molar-refractivity contribution in [1.29, 1.82) is 0 Å². The molecular weight excluding hydrogens is 240 g/mol. The summed E-state index contributed by atoms with van der Waals surface area (Å²) in [6, 6.07) is 8.29. The molecule has 0 bridgehead atoms. The van der Waals surface area contributed by atoms with Crippen LogP contribution in [0.25, 0.3) is 0 Å². The first-order valence-electron chi connectivity index (χ1n) is 3.83. The summed E-state index contributed by atoms with van der Waals surface area (Å²) >= 11 is 0. The van der Waals surface area contributed by atoms with Gasteiger partial charge < -0.3 is 4.43 Å². The van der Waals surface area contributed by atoms with Gasteiger partial charge in [-0.15, -0.1) is 13.9 Å². The van der Waals surface area contributed by atoms with E-state index in [2.05, 4.69) is 18.3 Å². The Labute approximate surface area is 103 Å². The summed E-state index contributed by atoms with van der Waals surface area (Å²) in [7, 11) is -4.90. The fraction of sp³-hybridized carbons (Fsp3) is 0.143. The number of benzene rings is 1. The van der Waals surface area contributed by atoms with Crippen LogP contribution in [-0.4, -0.2) is 27.9 Å². The molecule has 1 rings (SSSR count). The van der Waals surface area contributed by atoms with Gasteiger partial charge in [-0.05, 0) is 5.56 Å². The van der Waals surface area contributed by atoms with Gasteiger partial charge in [0.2, 0.25) is 0 Å². The molecule has 0 atom stereocenters. The van der Waals surface area contributed by atoms with Crippen LogP contribution in [-0.2, 0) is 24.9 Å². The molecule has 16 heavy (non-hydrogen) atoms. The number of hydrogen-bond acceptors (Lipinski definition) is 4. The Hall–Kier alpha value is -0.336. The van der Waals surface area contributed by atoms with E-state index in [-0.39, 0.29) is 25.5 Å². The Kier molecular flexibility index (Phi) is 7.69. The van der Waals surface area contributed by atoms with Crippen molar-refractivity contribution in [2.45, 2.75) is 6.61 Å². The maximum atomic E-state index is 11.7. The fourth-order valence-corrected chi connectivity index (χ4v) is 1.40. The van der Waals surface area contributed by atoms with Crippen molar-refractivity contribution in [3.05, 3.63) is 35.9 Å². The Morgan fingerprint density at radius 2 is 1.44 bits per heavy atom. The van der Waals surface area contributed by atoms with Crippen LogP contribution < -0.4 is 0 Å². The van der Waals surface area contributed by atoms with Gasteiger partial charge in [-0.1, -0.05) is 43.9 Å². The van der Waals surface area contributed by atoms with E-state index >= 15 is 0 Å². The second-order valence-electron chi connectivity index (χ2n) is 2.51. The van der Waals surface area contributed by atoms with Crippen LogP contribution in [0.4, 0.5) is 13.6 Å². The molecule has 0 aliphatic heterocycles. The Bertz CT molecular complexity index is 280. The molecule has 0 heterocycles. The predicted octanol–water partition coefficient (Wildman–Crippen LogP) is 1.69. The van der Waals surface area contributed by atoms with Crippen LogP contribution in [0.1, 0.15) is 5.56 Å². The van der Waals surface area contributed by atoms with Crippen molar-refractivity contribution in [1.82, 2.24) is 0 Å². The Balaban J connectivity index is 0.00000225. The molecule has 9 heteroatoms. The van der Waals surface area contributed by atoms with Crippen molar-refractivity contribution in [2.75, 3.05) is 0 Å². The van der Waals surface area contributed by atoms with E-state index < -0.39 is 9.05 Å². The minimum atomic E-state index is -4.90. The van der Waals surface area contributed by atoms with Crippen LogP contribution in [0.5, 0.6) is 0 Å². The monoisotopic (exact) mass is 248 g/mol. The molecule has 0 aliphatic carbocycles. The summed E-state index contributed by atoms with van der Waals surface area (Å²) in [5, 5.41) is 0. The molecule has 0 radical (unpaired) electrons. The molecule has 1 aromatic carbocycles. The molecule has 0 fully saturated rings. The van der Waals surface area contributed by atoms with Gasteiger partial charge >= 0.3 is 27.9 Å². The zero-order chi connectivity index (χ0) is 11.1. The van der Waals surface area contributed by atoms with Gasteiger partial charge in [0.15, 0.2) is 0 Å². The number of rotatable bonds is 6. The van der Waals surface area contributed by atoms with Gasteiger partial charge in [-0.25, -0.2) is 0 Å². The molecule has 0 aliphatic rings. The van der Waals surface area contributed by atoms with Gasteiger partial charge in [-0.3, -0.25) is 0 Å². The van der Waals surface area contributed by atoms with E-state index in [0.29, 0.717) is 5.56 Å². The molecule has 1 aromatic rings. The SMILES string of the molecule is FO[Si](OF)(OF)OCc1ccccc1.[LiH]. The van der Waals surface area contributed by atoms with E-state index in [1.807, 2.05) is 0 Å². The molecule has 0 unspecified atom stereocenters. The average Bonchev–Trinajstić information content (AvgIpc) is 2.33. The Morgan fingerprint density at radius 3 is 1.88 bits per heavy atom. The predicted molar refractivity (Wildman–Crippen MR) is 50.7 cm³/mol. The summed E-state index contributed by atoms with van der Waals surface area (Å²) in [6.45, 7) is -0.301. The third-order valence-corrected chi connectivity index (χ3v) is 2.61. The van der Waals surface area contributed by atoms with Crippen molar-refractivity contribution in [2.24, 2.45) is 0 Å². The van der Waals surface area contributed by atoms with Crippen molar-refractivity contribution in [3.63, 3.8) is 0 Å². The maximum absolute atomic E-state index is 11.7. The molecule has 0 amide bonds. The summed E-state index contributed by atoms with van der Waals surface area (Å²) in [5.74, 6) is 0. The minimum absolute atomic E-state index is 0. The summed E-state index contributed by atoms with van der Waals surface area (Å²) < 4.78 is 48.2. The van der Waals surface area contributed by atoms with Crippen LogP contribution in [0.2, 0.25) is 0 Å². The van der Waals surface area contributed by atoms with Crippen LogP contribution in [0, 0.1) is 0 Å². The van der Waals surface area contributed by atoms with Gasteiger partial charge in [0.05, 0.1) is 6.61 Å². The van der Waals surface area contributed by atoms with Crippen molar-refractivity contribution >= 4 is 27.9 Å². The molecule has 4 nitrogen and oxygen atoms in total. The zero-order valence-corrected chi connectivity index (χ0v) is 8.36. The first-order chi connectivity index (χ1) is 7.26. The molecule has 0 N–H and O–H groups in total. The molecule has 0 spiro atoms. The van der Waals surface area contributed by atoms with Crippen molar-refractivity contribution in [3.8, 4) is 0 Å². The first kappa shape index (κ1) is 15.7. The fourth-order valence-electron chi connectivity index (χ4n) is 0.848. The second kappa shape index (κ2) is 7.86. The van der Waals surface area contributed by atoms with E-state index in [9.17, 15) is 13.6 Å². The van der Waals surface area contributed by atoms with E-state index in [4.69, 9.17) is 0 Å². The molecule has 0 aromatic heterocycles. The van der Waals surface area contributed by atoms with Gasteiger partial charge in [0.25, 0.3) is 0 Å². The third kappa shape index (κ3) is 4.27. The average molecular weight is 248 g/mol.